The van der Waals surface area contributed by atoms with E-state index in [0.29, 0.717) is 27.2 Å². The van der Waals surface area contributed by atoms with E-state index in [-0.39, 0.29) is 0 Å². The minimum Gasteiger partial charge on any atom is -0.424 e. The van der Waals surface area contributed by atoms with Gasteiger partial charge in [0.05, 0.1) is 0 Å². The highest BCUT2D eigenvalue weighted by Gasteiger charge is 2.17. The lowest BCUT2D eigenvalue weighted by molar-refractivity contribution is -0.144. The summed E-state index contributed by atoms with van der Waals surface area (Å²) in [5, 5.41) is 1.59. The quantitative estimate of drug-likeness (QED) is 0.535. The van der Waals surface area contributed by atoms with Gasteiger partial charge < -0.3 is 9.47 Å². The third kappa shape index (κ3) is 4.85. The number of hydrogen-bond donors (Lipinski definition) is 0. The zero-order valence-electron chi connectivity index (χ0n) is 12.6. The van der Waals surface area contributed by atoms with Crippen LogP contribution in [0.3, 0.4) is 0 Å². The normalized spacial score (nSPS) is 12.0. The highest BCUT2D eigenvalue weighted by atomic mass is 35.5. The number of methoxy groups -OCH3 is 1. The van der Waals surface area contributed by atoms with Crippen LogP contribution < -0.4 is 4.74 Å². The van der Waals surface area contributed by atoms with E-state index >= 15 is 0 Å². The number of hydrogen-bond acceptors (Lipinski definition) is 3. The van der Waals surface area contributed by atoms with Gasteiger partial charge in [-0.2, -0.15) is 0 Å². The lowest BCUT2D eigenvalue weighted by Crippen LogP contribution is -2.24. The fourth-order valence-electron chi connectivity index (χ4n) is 1.93. The van der Waals surface area contributed by atoms with Gasteiger partial charge in [-0.25, -0.2) is 4.79 Å². The fraction of sp³-hybridized carbons (Fsp3) is 0.235. The first-order chi connectivity index (χ1) is 10.9. The molecule has 0 unspecified atom stereocenters. The maximum Gasteiger partial charge on any atom is 0.340 e. The first-order valence-corrected chi connectivity index (χ1v) is 8.01. The van der Waals surface area contributed by atoms with Crippen molar-refractivity contribution in [3.8, 4) is 5.75 Å². The highest BCUT2D eigenvalue weighted by Crippen LogP contribution is 2.29. The molecule has 0 aliphatic carbocycles. The summed E-state index contributed by atoms with van der Waals surface area (Å²) in [6.07, 6.45) is -0.183. The summed E-state index contributed by atoms with van der Waals surface area (Å²) in [5.74, 6) is -0.101. The molecule has 0 saturated carbocycles. The molecular formula is C17H15Cl3O3. The van der Waals surface area contributed by atoms with Crippen molar-refractivity contribution in [1.29, 1.82) is 0 Å². The van der Waals surface area contributed by atoms with Crippen LogP contribution in [0.2, 0.25) is 15.1 Å². The predicted octanol–water partition coefficient (Wildman–Crippen LogP) is 5.18. The van der Waals surface area contributed by atoms with Gasteiger partial charge >= 0.3 is 5.97 Å². The van der Waals surface area contributed by atoms with E-state index in [0.717, 1.165) is 11.1 Å². The van der Waals surface area contributed by atoms with Gasteiger partial charge in [-0.3, -0.25) is 0 Å². The Morgan fingerprint density at radius 2 is 1.65 bits per heavy atom. The number of rotatable bonds is 5. The molecule has 0 fully saturated rings. The van der Waals surface area contributed by atoms with Crippen LogP contribution in [0, 0.1) is 0 Å². The zero-order chi connectivity index (χ0) is 17.0. The molecule has 0 spiro atoms. The molecule has 2 rings (SSSR count). The molecule has 0 aliphatic rings. The van der Waals surface area contributed by atoms with Gasteiger partial charge in [-0.05, 0) is 42.3 Å². The van der Waals surface area contributed by atoms with Crippen molar-refractivity contribution in [3.05, 3.63) is 62.6 Å². The summed E-state index contributed by atoms with van der Waals surface area (Å²) < 4.78 is 10.4. The summed E-state index contributed by atoms with van der Waals surface area (Å²) in [7, 11) is 1.44. The molecule has 0 N–H and O–H groups in total. The molecule has 0 aromatic heterocycles. The fourth-order valence-corrected chi connectivity index (χ4v) is 2.56. The first-order valence-electron chi connectivity index (χ1n) is 6.87. The second kappa shape index (κ2) is 8.02. The molecule has 0 aliphatic heterocycles. The third-order valence-electron chi connectivity index (χ3n) is 3.32. The largest absolute Gasteiger partial charge is 0.424 e. The molecule has 6 heteroatoms. The lowest BCUT2D eigenvalue weighted by Gasteiger charge is -2.14. The Balaban J connectivity index is 2.29. The van der Waals surface area contributed by atoms with Crippen LogP contribution in [0.15, 0.2) is 36.4 Å². The van der Waals surface area contributed by atoms with Crippen LogP contribution in [0.1, 0.15) is 18.1 Å². The van der Waals surface area contributed by atoms with E-state index < -0.39 is 12.1 Å². The molecule has 0 heterocycles. The van der Waals surface area contributed by atoms with Gasteiger partial charge in [0.25, 0.3) is 0 Å². The Labute approximate surface area is 150 Å². The second-order valence-electron chi connectivity index (χ2n) is 4.96. The van der Waals surface area contributed by atoms with Crippen LogP contribution >= 0.6 is 34.8 Å². The van der Waals surface area contributed by atoms with Gasteiger partial charge in [0.2, 0.25) is 0 Å². The van der Waals surface area contributed by atoms with Gasteiger partial charge in [-0.15, -0.1) is 0 Å². The van der Waals surface area contributed by atoms with Gasteiger partial charge in [0.15, 0.2) is 6.10 Å². The Kier molecular flexibility index (Phi) is 6.31. The number of carbonyl (C=O) groups excluding carboxylic acids is 1. The topological polar surface area (TPSA) is 35.5 Å². The molecule has 2 aromatic carbocycles. The molecule has 2 aromatic rings. The van der Waals surface area contributed by atoms with Gasteiger partial charge in [0.1, 0.15) is 5.75 Å². The van der Waals surface area contributed by atoms with Crippen LogP contribution in [0.25, 0.3) is 0 Å². The van der Waals surface area contributed by atoms with E-state index in [1.807, 2.05) is 6.07 Å². The maximum atomic E-state index is 11.9. The van der Waals surface area contributed by atoms with Crippen molar-refractivity contribution in [3.63, 3.8) is 0 Å². The molecule has 0 amide bonds. The van der Waals surface area contributed by atoms with Crippen molar-refractivity contribution >= 4 is 40.8 Å². The predicted molar refractivity (Wildman–Crippen MR) is 92.8 cm³/mol. The Bertz CT molecular complexity index is 716. The Hall–Kier alpha value is -1.26. The van der Waals surface area contributed by atoms with Crippen molar-refractivity contribution in [2.45, 2.75) is 19.4 Å². The van der Waals surface area contributed by atoms with Crippen molar-refractivity contribution < 1.29 is 14.3 Å². The lowest BCUT2D eigenvalue weighted by atomic mass is 10.0. The Morgan fingerprint density at radius 3 is 2.26 bits per heavy atom. The van der Waals surface area contributed by atoms with E-state index in [9.17, 15) is 4.79 Å². The average Bonchev–Trinajstić information content (AvgIpc) is 2.51. The molecule has 3 nitrogen and oxygen atoms in total. The standard InChI is InChI=1S/C17H15Cl3O3/c1-10(22-2)17(21)23-16-9-14(19)6-4-12(16)7-11-3-5-13(18)8-15(11)20/h3-6,8-10H,7H2,1-2H3/t10-/m1/s1. The summed E-state index contributed by atoms with van der Waals surface area (Å²) in [6, 6.07) is 10.4. The molecule has 0 radical (unpaired) electrons. The third-order valence-corrected chi connectivity index (χ3v) is 4.14. The monoisotopic (exact) mass is 372 g/mol. The number of benzene rings is 2. The molecule has 0 bridgehead atoms. The minimum atomic E-state index is -0.666. The SMILES string of the molecule is CO[C@H](C)C(=O)Oc1cc(Cl)ccc1Cc1ccc(Cl)cc1Cl. The second-order valence-corrected chi connectivity index (χ2v) is 6.24. The summed E-state index contributed by atoms with van der Waals surface area (Å²) in [6.45, 7) is 1.61. The highest BCUT2D eigenvalue weighted by molar-refractivity contribution is 6.35. The average molecular weight is 374 g/mol. The van der Waals surface area contributed by atoms with Gasteiger partial charge in [-0.1, -0.05) is 46.9 Å². The van der Waals surface area contributed by atoms with Gasteiger partial charge in [0, 0.05) is 28.6 Å². The number of halogens is 3. The van der Waals surface area contributed by atoms with E-state index in [1.54, 1.807) is 37.3 Å². The van der Waals surface area contributed by atoms with Crippen molar-refractivity contribution in [1.82, 2.24) is 0 Å². The number of esters is 1. The maximum absolute atomic E-state index is 11.9. The van der Waals surface area contributed by atoms with Crippen LogP contribution in [-0.4, -0.2) is 19.2 Å². The summed E-state index contributed by atoms with van der Waals surface area (Å²) >= 11 is 18.1. The molecule has 0 saturated heterocycles. The van der Waals surface area contributed by atoms with Crippen molar-refractivity contribution in [2.75, 3.05) is 7.11 Å². The Morgan fingerprint density at radius 1 is 1.04 bits per heavy atom. The summed E-state index contributed by atoms with van der Waals surface area (Å²) in [4.78, 5) is 11.9. The first kappa shape index (κ1) is 18.1. The molecular weight excluding hydrogens is 359 g/mol. The van der Waals surface area contributed by atoms with Crippen LogP contribution in [0.4, 0.5) is 0 Å². The van der Waals surface area contributed by atoms with E-state index in [2.05, 4.69) is 0 Å². The van der Waals surface area contributed by atoms with Crippen LogP contribution in [0.5, 0.6) is 5.75 Å². The minimum absolute atomic E-state index is 0.386. The van der Waals surface area contributed by atoms with Crippen LogP contribution in [-0.2, 0) is 16.0 Å². The molecule has 1 atom stereocenters. The number of carbonyl (C=O) groups is 1. The molecule has 122 valence electrons. The van der Waals surface area contributed by atoms with Crippen molar-refractivity contribution in [2.24, 2.45) is 0 Å². The van der Waals surface area contributed by atoms with E-state index in [4.69, 9.17) is 44.3 Å². The van der Waals surface area contributed by atoms with E-state index in [1.165, 1.54) is 7.11 Å². The zero-order valence-corrected chi connectivity index (χ0v) is 14.9. The number of ether oxygens (including phenoxy) is 2. The summed E-state index contributed by atoms with van der Waals surface area (Å²) in [5.41, 5.74) is 1.66. The molecule has 23 heavy (non-hydrogen) atoms. The smallest absolute Gasteiger partial charge is 0.340 e.